The first-order chi connectivity index (χ1) is 9.49. The summed E-state index contributed by atoms with van der Waals surface area (Å²) in [7, 11) is 0. The highest BCUT2D eigenvalue weighted by Crippen LogP contribution is 2.20. The van der Waals surface area contributed by atoms with Gasteiger partial charge in [0, 0.05) is 6.07 Å². The molecule has 0 N–H and O–H groups in total. The average molecular weight is 326 g/mol. The maximum Gasteiger partial charge on any atom is 0.422 e. The Morgan fingerprint density at radius 2 is 2.00 bits per heavy atom. The third-order valence-electron chi connectivity index (χ3n) is 2.04. The predicted molar refractivity (Wildman–Crippen MR) is 71.2 cm³/mol. The van der Waals surface area contributed by atoms with Crippen LogP contribution in [0.4, 0.5) is 17.6 Å². The molecule has 0 aliphatic heterocycles. The Morgan fingerprint density at radius 1 is 1.38 bits per heavy atom. The number of pyridine rings is 1. The zero-order chi connectivity index (χ0) is 16.3. The van der Waals surface area contributed by atoms with E-state index in [2.05, 4.69) is 14.1 Å². The third-order valence-corrected chi connectivity index (χ3v) is 3.39. The lowest BCUT2D eigenvalue weighted by atomic mass is 10.3. The molecule has 1 rings (SSSR count). The fourth-order valence-corrected chi connectivity index (χ4v) is 1.54. The first kappa shape index (κ1) is 17.7. The molecule has 0 amide bonds. The highest BCUT2D eigenvalue weighted by Gasteiger charge is 2.28. The first-order valence-corrected chi connectivity index (χ1v) is 6.91. The molecule has 0 saturated heterocycles. The molecule has 1 unspecified atom stereocenters. The van der Waals surface area contributed by atoms with Crippen molar-refractivity contribution in [3.63, 3.8) is 0 Å². The molecule has 0 bridgehead atoms. The Balaban J connectivity index is 2.77. The van der Waals surface area contributed by atoms with Crippen LogP contribution in [0.1, 0.15) is 26.5 Å². The Kier molecular flexibility index (Phi) is 5.57. The molecule has 0 aromatic carbocycles. The summed E-state index contributed by atoms with van der Waals surface area (Å²) < 4.78 is 68.5. The van der Waals surface area contributed by atoms with Crippen molar-refractivity contribution >= 4 is 17.6 Å². The molecule has 9 heteroatoms. The molecule has 0 saturated carbocycles. The number of hydrogen-bond donors (Lipinski definition) is 0. The highest BCUT2D eigenvalue weighted by atomic mass is 32.2. The van der Waals surface area contributed by atoms with E-state index in [0.717, 1.165) is 18.5 Å². The molecule has 0 fully saturated rings. The van der Waals surface area contributed by atoms with E-state index in [1.807, 2.05) is 0 Å². The van der Waals surface area contributed by atoms with Crippen molar-refractivity contribution in [1.82, 2.24) is 4.98 Å². The lowest BCUT2D eigenvalue weighted by Gasteiger charge is -2.17. The van der Waals surface area contributed by atoms with Gasteiger partial charge < -0.3 is 9.29 Å². The number of alkyl halides is 3. The van der Waals surface area contributed by atoms with Crippen LogP contribution in [0.15, 0.2) is 16.7 Å². The molecule has 0 spiro atoms. The van der Waals surface area contributed by atoms with E-state index in [9.17, 15) is 22.1 Å². The van der Waals surface area contributed by atoms with Crippen LogP contribution in [0.3, 0.4) is 0 Å². The lowest BCUT2D eigenvalue weighted by molar-refractivity contribution is -0.153. The van der Waals surface area contributed by atoms with Crippen LogP contribution >= 0.6 is 0 Å². The van der Waals surface area contributed by atoms with Crippen molar-refractivity contribution in [3.05, 3.63) is 23.8 Å². The van der Waals surface area contributed by atoms with Crippen LogP contribution in [0.25, 0.3) is 0 Å². The van der Waals surface area contributed by atoms with Crippen LogP contribution in [0.2, 0.25) is 0 Å². The van der Waals surface area contributed by atoms with Crippen LogP contribution < -0.4 is 4.74 Å². The quantitative estimate of drug-likeness (QED) is 0.485. The number of halogens is 4. The van der Waals surface area contributed by atoms with Gasteiger partial charge in [-0.05, 0) is 20.8 Å². The van der Waals surface area contributed by atoms with Gasteiger partial charge in [-0.2, -0.15) is 13.2 Å². The summed E-state index contributed by atoms with van der Waals surface area (Å²) in [6.45, 7) is 3.55. The molecule has 118 valence electrons. The monoisotopic (exact) mass is 326 g/mol. The standard InChI is InChI=1S/C12H14F4N2O2S/c1-11(2,3)21(19)18-6-10-9(13)4-8(5-17-10)20-7-12(14,15)16/h4-6H,7H2,1-3H3/b18-6+. The molecule has 0 aliphatic rings. The molecule has 21 heavy (non-hydrogen) atoms. The summed E-state index contributed by atoms with van der Waals surface area (Å²) in [4.78, 5) is 3.58. The number of hydrogen-bond acceptors (Lipinski definition) is 4. The normalized spacial score (nSPS) is 14.5. The van der Waals surface area contributed by atoms with Crippen molar-refractivity contribution in [3.8, 4) is 5.75 Å². The number of aromatic nitrogens is 1. The van der Waals surface area contributed by atoms with E-state index >= 15 is 0 Å². The Bertz CT molecular complexity index is 515. The lowest BCUT2D eigenvalue weighted by Crippen LogP contribution is -2.26. The van der Waals surface area contributed by atoms with E-state index in [0.29, 0.717) is 0 Å². The van der Waals surface area contributed by atoms with Crippen LogP contribution in [-0.4, -0.2) is 33.3 Å². The maximum absolute atomic E-state index is 13.6. The zero-order valence-electron chi connectivity index (χ0n) is 11.6. The van der Waals surface area contributed by atoms with E-state index < -0.39 is 34.7 Å². The Labute approximate surface area is 122 Å². The molecular formula is C12H14F4N2O2S. The van der Waals surface area contributed by atoms with Gasteiger partial charge in [0.1, 0.15) is 33.8 Å². The van der Waals surface area contributed by atoms with E-state index in [4.69, 9.17) is 0 Å². The molecular weight excluding hydrogens is 312 g/mol. The van der Waals surface area contributed by atoms with Gasteiger partial charge in [0.15, 0.2) is 12.4 Å². The van der Waals surface area contributed by atoms with Gasteiger partial charge in [0.05, 0.1) is 6.20 Å². The van der Waals surface area contributed by atoms with Gasteiger partial charge in [-0.3, -0.25) is 0 Å². The van der Waals surface area contributed by atoms with Crippen molar-refractivity contribution in [2.24, 2.45) is 4.40 Å². The van der Waals surface area contributed by atoms with Crippen LogP contribution in [-0.2, 0) is 11.4 Å². The molecule has 0 aliphatic carbocycles. The largest absolute Gasteiger partial charge is 0.591 e. The second-order valence-electron chi connectivity index (χ2n) is 5.04. The molecule has 1 heterocycles. The third kappa shape index (κ3) is 6.30. The fourth-order valence-electron chi connectivity index (χ4n) is 1.03. The predicted octanol–water partition coefficient (Wildman–Crippen LogP) is 3.04. The minimum atomic E-state index is -4.51. The van der Waals surface area contributed by atoms with Gasteiger partial charge >= 0.3 is 6.18 Å². The molecule has 4 nitrogen and oxygen atoms in total. The van der Waals surface area contributed by atoms with Crippen molar-refractivity contribution in [1.29, 1.82) is 0 Å². The van der Waals surface area contributed by atoms with E-state index in [1.54, 1.807) is 20.8 Å². The SMILES string of the molecule is CC(C)(C)[S+]([O-])/N=C/c1ncc(OCC(F)(F)F)cc1F. The topological polar surface area (TPSA) is 57.5 Å². The zero-order valence-corrected chi connectivity index (χ0v) is 12.4. The van der Waals surface area contributed by atoms with Gasteiger partial charge in [-0.1, -0.05) is 4.40 Å². The average Bonchev–Trinajstić information content (AvgIpc) is 2.32. The highest BCUT2D eigenvalue weighted by molar-refractivity contribution is 7.91. The number of ether oxygens (including phenoxy) is 1. The molecule has 1 aromatic rings. The summed E-state index contributed by atoms with van der Waals surface area (Å²) in [5.41, 5.74) is -0.230. The van der Waals surface area contributed by atoms with Gasteiger partial charge in [0.25, 0.3) is 0 Å². The van der Waals surface area contributed by atoms with Crippen molar-refractivity contribution in [2.45, 2.75) is 31.7 Å². The van der Waals surface area contributed by atoms with Crippen molar-refractivity contribution < 1.29 is 26.9 Å². The number of nitrogens with zero attached hydrogens (tertiary/aromatic N) is 2. The van der Waals surface area contributed by atoms with Gasteiger partial charge in [-0.25, -0.2) is 9.37 Å². The maximum atomic E-state index is 13.6. The summed E-state index contributed by atoms with van der Waals surface area (Å²) in [6, 6.07) is 0.764. The Morgan fingerprint density at radius 3 is 2.48 bits per heavy atom. The second-order valence-corrected chi connectivity index (χ2v) is 6.97. The van der Waals surface area contributed by atoms with E-state index in [1.165, 1.54) is 0 Å². The minimum Gasteiger partial charge on any atom is -0.591 e. The molecule has 1 aromatic heterocycles. The van der Waals surface area contributed by atoms with E-state index in [-0.39, 0.29) is 11.4 Å². The Hall–Kier alpha value is -1.35. The smallest absolute Gasteiger partial charge is 0.422 e. The minimum absolute atomic E-state index is 0.230. The van der Waals surface area contributed by atoms with Crippen molar-refractivity contribution in [2.75, 3.05) is 6.61 Å². The second kappa shape index (κ2) is 6.61. The molecule has 0 radical (unpaired) electrons. The summed E-state index contributed by atoms with van der Waals surface area (Å²) >= 11 is -1.58. The summed E-state index contributed by atoms with van der Waals surface area (Å²) in [6.07, 6.45) is -2.60. The molecule has 1 atom stereocenters. The van der Waals surface area contributed by atoms with Gasteiger partial charge in [0.2, 0.25) is 0 Å². The number of rotatable bonds is 4. The van der Waals surface area contributed by atoms with Crippen LogP contribution in [0, 0.1) is 5.82 Å². The van der Waals surface area contributed by atoms with Gasteiger partial charge in [-0.15, -0.1) is 0 Å². The fraction of sp³-hybridized carbons (Fsp3) is 0.500. The first-order valence-electron chi connectivity index (χ1n) is 5.80. The van der Waals surface area contributed by atoms with Crippen LogP contribution in [0.5, 0.6) is 5.75 Å². The summed E-state index contributed by atoms with van der Waals surface area (Å²) in [5.74, 6) is -1.26. The summed E-state index contributed by atoms with van der Waals surface area (Å²) in [5, 5.41) is 0.